The molecule has 14 heavy (non-hydrogen) atoms. The van der Waals surface area contributed by atoms with E-state index in [0.717, 1.165) is 17.1 Å². The van der Waals surface area contributed by atoms with E-state index < -0.39 is 10.0 Å². The fourth-order valence-corrected chi connectivity index (χ4v) is 2.63. The van der Waals surface area contributed by atoms with Gasteiger partial charge in [-0.3, -0.25) is 9.29 Å². The second-order valence-corrected chi connectivity index (χ2v) is 5.41. The minimum absolute atomic E-state index is 0.518. The predicted molar refractivity (Wildman–Crippen MR) is 54.9 cm³/mol. The summed E-state index contributed by atoms with van der Waals surface area (Å²) in [6.07, 6.45) is 1.94. The van der Waals surface area contributed by atoms with Crippen LogP contribution in [0.3, 0.4) is 0 Å². The molecule has 5 heteroatoms. The number of aryl methyl sites for hydroxylation is 1. The Labute approximate surface area is 83.6 Å². The predicted octanol–water partition coefficient (Wildman–Crippen LogP) is 0.712. The quantitative estimate of drug-likeness (QED) is 0.689. The summed E-state index contributed by atoms with van der Waals surface area (Å²) in [7, 11) is -3.14. The first-order valence-electron chi connectivity index (χ1n) is 4.43. The molecule has 1 aliphatic heterocycles. The van der Waals surface area contributed by atoms with Crippen molar-refractivity contribution >= 4 is 15.7 Å². The van der Waals surface area contributed by atoms with Crippen molar-refractivity contribution in [1.82, 2.24) is 4.98 Å². The van der Waals surface area contributed by atoms with Crippen molar-refractivity contribution in [1.29, 1.82) is 0 Å². The Kier molecular flexibility index (Phi) is 1.99. The average Bonchev–Trinajstić information content (AvgIpc) is 2.45. The van der Waals surface area contributed by atoms with E-state index in [1.165, 1.54) is 10.6 Å². The van der Waals surface area contributed by atoms with Gasteiger partial charge in [0.2, 0.25) is 10.0 Å². The molecular formula is C9H12N2O2S. The van der Waals surface area contributed by atoms with E-state index in [1.807, 2.05) is 19.1 Å². The molecule has 0 N–H and O–H groups in total. The number of aromatic nitrogens is 1. The summed E-state index contributed by atoms with van der Waals surface area (Å²) >= 11 is 0. The fourth-order valence-electron chi connectivity index (χ4n) is 1.69. The van der Waals surface area contributed by atoms with Crippen LogP contribution >= 0.6 is 0 Å². The fraction of sp³-hybridized carbons (Fsp3) is 0.444. The lowest BCUT2D eigenvalue weighted by molar-refractivity contribution is 0.598. The van der Waals surface area contributed by atoms with Gasteiger partial charge in [-0.25, -0.2) is 8.42 Å². The number of rotatable bonds is 1. The molecule has 2 rings (SSSR count). The molecule has 2 heterocycles. The van der Waals surface area contributed by atoms with Crippen LogP contribution in [0.2, 0.25) is 0 Å². The maximum atomic E-state index is 11.4. The molecule has 1 aromatic rings. The van der Waals surface area contributed by atoms with Crippen molar-refractivity contribution in [3.63, 3.8) is 0 Å². The number of anilines is 1. The summed E-state index contributed by atoms with van der Waals surface area (Å²) in [4.78, 5) is 4.31. The highest BCUT2D eigenvalue weighted by Gasteiger charge is 2.26. The van der Waals surface area contributed by atoms with Gasteiger partial charge in [-0.05, 0) is 19.1 Å². The molecule has 0 saturated carbocycles. The van der Waals surface area contributed by atoms with Gasteiger partial charge in [0, 0.05) is 18.7 Å². The zero-order valence-electron chi connectivity index (χ0n) is 8.19. The summed E-state index contributed by atoms with van der Waals surface area (Å²) < 4.78 is 24.2. The van der Waals surface area contributed by atoms with E-state index in [4.69, 9.17) is 0 Å². The summed E-state index contributed by atoms with van der Waals surface area (Å²) in [6, 6.07) is 3.66. The van der Waals surface area contributed by atoms with Crippen LogP contribution < -0.4 is 4.31 Å². The van der Waals surface area contributed by atoms with Gasteiger partial charge in [0.25, 0.3) is 0 Å². The first-order chi connectivity index (χ1) is 6.48. The van der Waals surface area contributed by atoms with Crippen LogP contribution in [-0.4, -0.2) is 26.2 Å². The lowest BCUT2D eigenvalue weighted by Crippen LogP contribution is -2.27. The van der Waals surface area contributed by atoms with Gasteiger partial charge < -0.3 is 0 Å². The molecule has 0 saturated heterocycles. The van der Waals surface area contributed by atoms with Crippen LogP contribution in [0.25, 0.3) is 0 Å². The standard InChI is InChI=1S/C9H12N2O2S/c1-7-3-4-9-8(10-7)5-6-11(9)14(2,12)13/h3-4H,5-6H2,1-2H3. The van der Waals surface area contributed by atoms with Crippen LogP contribution in [0.4, 0.5) is 5.69 Å². The Bertz CT molecular complexity index is 468. The normalized spacial score (nSPS) is 15.7. The van der Waals surface area contributed by atoms with Gasteiger partial charge in [0.15, 0.2) is 0 Å². The highest BCUT2D eigenvalue weighted by Crippen LogP contribution is 2.28. The third kappa shape index (κ3) is 1.48. The van der Waals surface area contributed by atoms with E-state index in [-0.39, 0.29) is 0 Å². The first kappa shape index (κ1) is 9.45. The molecule has 0 amide bonds. The van der Waals surface area contributed by atoms with E-state index in [2.05, 4.69) is 4.98 Å². The maximum Gasteiger partial charge on any atom is 0.232 e. The summed E-state index contributed by atoms with van der Waals surface area (Å²) in [5.41, 5.74) is 2.55. The Morgan fingerprint density at radius 3 is 2.79 bits per heavy atom. The molecular weight excluding hydrogens is 200 g/mol. The SMILES string of the molecule is Cc1ccc2c(n1)CCN2S(C)(=O)=O. The molecule has 0 unspecified atom stereocenters. The highest BCUT2D eigenvalue weighted by atomic mass is 32.2. The molecule has 1 aromatic heterocycles. The number of fused-ring (bicyclic) bond motifs is 1. The smallest absolute Gasteiger partial charge is 0.232 e. The van der Waals surface area contributed by atoms with E-state index in [9.17, 15) is 8.42 Å². The molecule has 4 nitrogen and oxygen atoms in total. The Balaban J connectivity index is 2.51. The third-order valence-corrected chi connectivity index (χ3v) is 3.49. The molecule has 0 atom stereocenters. The number of pyridine rings is 1. The number of hydrogen-bond donors (Lipinski definition) is 0. The number of nitrogens with zero attached hydrogens (tertiary/aromatic N) is 2. The summed E-state index contributed by atoms with van der Waals surface area (Å²) in [6.45, 7) is 2.42. The van der Waals surface area contributed by atoms with Gasteiger partial charge in [0.05, 0.1) is 17.6 Å². The topological polar surface area (TPSA) is 50.3 Å². The molecule has 0 spiro atoms. The molecule has 0 radical (unpaired) electrons. The second kappa shape index (κ2) is 2.95. The van der Waals surface area contributed by atoms with Gasteiger partial charge in [-0.2, -0.15) is 0 Å². The molecule has 1 aliphatic rings. The summed E-state index contributed by atoms with van der Waals surface area (Å²) in [5, 5.41) is 0. The van der Waals surface area contributed by atoms with Crippen molar-refractivity contribution in [2.45, 2.75) is 13.3 Å². The molecule has 0 aliphatic carbocycles. The lowest BCUT2D eigenvalue weighted by atomic mass is 10.2. The zero-order valence-corrected chi connectivity index (χ0v) is 9.00. The van der Waals surface area contributed by atoms with Crippen LogP contribution in [-0.2, 0) is 16.4 Å². The van der Waals surface area contributed by atoms with E-state index in [0.29, 0.717) is 13.0 Å². The van der Waals surface area contributed by atoms with Gasteiger partial charge in [0.1, 0.15) is 0 Å². The van der Waals surface area contributed by atoms with Gasteiger partial charge in [-0.15, -0.1) is 0 Å². The number of hydrogen-bond acceptors (Lipinski definition) is 3. The minimum atomic E-state index is -3.14. The molecule has 0 aromatic carbocycles. The first-order valence-corrected chi connectivity index (χ1v) is 6.27. The lowest BCUT2D eigenvalue weighted by Gasteiger charge is -2.15. The number of sulfonamides is 1. The monoisotopic (exact) mass is 212 g/mol. The zero-order chi connectivity index (χ0) is 10.3. The van der Waals surface area contributed by atoms with Crippen LogP contribution in [0.1, 0.15) is 11.4 Å². The maximum absolute atomic E-state index is 11.4. The van der Waals surface area contributed by atoms with Crippen LogP contribution in [0.5, 0.6) is 0 Å². The Morgan fingerprint density at radius 1 is 1.43 bits per heavy atom. The molecule has 76 valence electrons. The van der Waals surface area contributed by atoms with E-state index in [1.54, 1.807) is 0 Å². The third-order valence-electron chi connectivity index (χ3n) is 2.31. The minimum Gasteiger partial charge on any atom is -0.268 e. The van der Waals surface area contributed by atoms with Crippen LogP contribution in [0, 0.1) is 6.92 Å². The average molecular weight is 212 g/mol. The van der Waals surface area contributed by atoms with Crippen molar-refractivity contribution in [2.24, 2.45) is 0 Å². The van der Waals surface area contributed by atoms with Crippen molar-refractivity contribution in [3.8, 4) is 0 Å². The largest absolute Gasteiger partial charge is 0.268 e. The van der Waals surface area contributed by atoms with E-state index >= 15 is 0 Å². The Morgan fingerprint density at radius 2 is 2.14 bits per heavy atom. The van der Waals surface area contributed by atoms with Gasteiger partial charge >= 0.3 is 0 Å². The highest BCUT2D eigenvalue weighted by molar-refractivity contribution is 7.92. The van der Waals surface area contributed by atoms with Crippen molar-refractivity contribution in [2.75, 3.05) is 17.1 Å². The summed E-state index contributed by atoms with van der Waals surface area (Å²) in [5.74, 6) is 0. The molecule has 0 fully saturated rings. The Hall–Kier alpha value is -1.10. The van der Waals surface area contributed by atoms with Crippen molar-refractivity contribution in [3.05, 3.63) is 23.5 Å². The van der Waals surface area contributed by atoms with Gasteiger partial charge in [-0.1, -0.05) is 0 Å². The van der Waals surface area contributed by atoms with Crippen molar-refractivity contribution < 1.29 is 8.42 Å². The van der Waals surface area contributed by atoms with Crippen LogP contribution in [0.15, 0.2) is 12.1 Å². The second-order valence-electron chi connectivity index (χ2n) is 3.50. The molecule has 0 bridgehead atoms.